The van der Waals surface area contributed by atoms with Gasteiger partial charge < -0.3 is 4.57 Å². The summed E-state index contributed by atoms with van der Waals surface area (Å²) in [7, 11) is 0. The highest BCUT2D eigenvalue weighted by atomic mass is 15.0. The van der Waals surface area contributed by atoms with E-state index in [-0.39, 0.29) is 0 Å². The summed E-state index contributed by atoms with van der Waals surface area (Å²) in [6, 6.07) is 32.0. The molecule has 4 rings (SSSR count). The monoisotopic (exact) mass is 323 g/mol. The predicted octanol–water partition coefficient (Wildman–Crippen LogP) is 6.43. The molecule has 1 heterocycles. The second-order valence-electron chi connectivity index (χ2n) is 6.34. The fourth-order valence-corrected chi connectivity index (χ4v) is 3.53. The Hall–Kier alpha value is -3.06. The SMILES string of the molecule is Cc1c(-c2ccccc2)c(-c2ccccc2)n(-c2ccccc2)c1C. The molecule has 0 unspecified atom stereocenters. The third kappa shape index (κ3) is 2.68. The lowest BCUT2D eigenvalue weighted by Crippen LogP contribution is -1.99. The van der Waals surface area contributed by atoms with Crippen molar-refractivity contribution in [3.8, 4) is 28.1 Å². The molecule has 4 aromatic rings. The zero-order chi connectivity index (χ0) is 17.2. The summed E-state index contributed by atoms with van der Waals surface area (Å²) in [5, 5.41) is 0. The maximum absolute atomic E-state index is 2.38. The van der Waals surface area contributed by atoms with Gasteiger partial charge in [0.15, 0.2) is 0 Å². The van der Waals surface area contributed by atoms with Gasteiger partial charge in [0.1, 0.15) is 0 Å². The van der Waals surface area contributed by atoms with Crippen molar-refractivity contribution in [2.45, 2.75) is 13.8 Å². The molecule has 0 N–H and O–H groups in total. The second-order valence-corrected chi connectivity index (χ2v) is 6.34. The molecule has 0 saturated carbocycles. The van der Waals surface area contributed by atoms with Crippen LogP contribution in [0.25, 0.3) is 28.1 Å². The van der Waals surface area contributed by atoms with Crippen molar-refractivity contribution >= 4 is 0 Å². The molecule has 1 heteroatoms. The van der Waals surface area contributed by atoms with Crippen LogP contribution >= 0.6 is 0 Å². The van der Waals surface area contributed by atoms with Crippen molar-refractivity contribution in [1.82, 2.24) is 4.57 Å². The van der Waals surface area contributed by atoms with Crippen molar-refractivity contribution in [2.75, 3.05) is 0 Å². The highest BCUT2D eigenvalue weighted by molar-refractivity contribution is 5.86. The van der Waals surface area contributed by atoms with Gasteiger partial charge in [0, 0.05) is 16.9 Å². The van der Waals surface area contributed by atoms with E-state index in [1.807, 2.05) is 0 Å². The molecule has 3 aromatic carbocycles. The molecule has 0 fully saturated rings. The topological polar surface area (TPSA) is 4.93 Å². The summed E-state index contributed by atoms with van der Waals surface area (Å²) < 4.78 is 2.38. The molecule has 0 saturated heterocycles. The maximum Gasteiger partial charge on any atom is 0.0612 e. The van der Waals surface area contributed by atoms with Crippen LogP contribution in [0.3, 0.4) is 0 Å². The minimum Gasteiger partial charge on any atom is -0.313 e. The third-order valence-electron chi connectivity index (χ3n) is 4.84. The molecular formula is C24H21N. The van der Waals surface area contributed by atoms with Crippen LogP contribution < -0.4 is 0 Å². The molecule has 0 spiro atoms. The Bertz CT molecular complexity index is 918. The lowest BCUT2D eigenvalue weighted by molar-refractivity contribution is 1.01. The Morgan fingerprint density at radius 2 is 1.04 bits per heavy atom. The van der Waals surface area contributed by atoms with Crippen LogP contribution in [0, 0.1) is 13.8 Å². The van der Waals surface area contributed by atoms with Gasteiger partial charge in [-0.25, -0.2) is 0 Å². The zero-order valence-corrected chi connectivity index (χ0v) is 14.6. The molecule has 1 aromatic heterocycles. The first kappa shape index (κ1) is 15.5. The normalized spacial score (nSPS) is 10.8. The fraction of sp³-hybridized carbons (Fsp3) is 0.0833. The van der Waals surface area contributed by atoms with Crippen molar-refractivity contribution < 1.29 is 0 Å². The molecule has 0 radical (unpaired) electrons. The predicted molar refractivity (Wildman–Crippen MR) is 106 cm³/mol. The summed E-state index contributed by atoms with van der Waals surface area (Å²) in [6.45, 7) is 4.44. The van der Waals surface area contributed by atoms with Crippen LogP contribution in [0.15, 0.2) is 91.0 Å². The van der Waals surface area contributed by atoms with Crippen LogP contribution in [0.5, 0.6) is 0 Å². The van der Waals surface area contributed by atoms with Gasteiger partial charge in [-0.05, 0) is 42.7 Å². The zero-order valence-electron chi connectivity index (χ0n) is 14.6. The Labute approximate surface area is 149 Å². The van der Waals surface area contributed by atoms with Gasteiger partial charge in [0.2, 0.25) is 0 Å². The van der Waals surface area contributed by atoms with E-state index in [0.717, 1.165) is 0 Å². The molecule has 0 amide bonds. The number of benzene rings is 3. The van der Waals surface area contributed by atoms with Crippen LogP contribution in [-0.2, 0) is 0 Å². The van der Waals surface area contributed by atoms with E-state index >= 15 is 0 Å². The first-order valence-corrected chi connectivity index (χ1v) is 8.65. The molecule has 0 aliphatic heterocycles. The number of hydrogen-bond donors (Lipinski definition) is 0. The fourth-order valence-electron chi connectivity index (χ4n) is 3.53. The van der Waals surface area contributed by atoms with Crippen LogP contribution in [0.4, 0.5) is 0 Å². The highest BCUT2D eigenvalue weighted by Gasteiger charge is 2.21. The van der Waals surface area contributed by atoms with Crippen LogP contribution in [0.1, 0.15) is 11.3 Å². The average molecular weight is 323 g/mol. The molecule has 1 nitrogen and oxygen atoms in total. The largest absolute Gasteiger partial charge is 0.313 e. The van der Waals surface area contributed by atoms with Crippen molar-refractivity contribution in [1.29, 1.82) is 0 Å². The summed E-state index contributed by atoms with van der Waals surface area (Å²) in [5.74, 6) is 0. The lowest BCUT2D eigenvalue weighted by atomic mass is 9.98. The molecule has 0 bridgehead atoms. The average Bonchev–Trinajstić information content (AvgIpc) is 2.95. The third-order valence-corrected chi connectivity index (χ3v) is 4.84. The van der Waals surface area contributed by atoms with E-state index in [0.29, 0.717) is 0 Å². The molecular weight excluding hydrogens is 302 g/mol. The second kappa shape index (κ2) is 6.45. The summed E-state index contributed by atoms with van der Waals surface area (Å²) >= 11 is 0. The van der Waals surface area contributed by atoms with Gasteiger partial charge >= 0.3 is 0 Å². The quantitative estimate of drug-likeness (QED) is 0.409. The highest BCUT2D eigenvalue weighted by Crippen LogP contribution is 2.40. The molecule has 0 aliphatic rings. The molecule has 0 aliphatic carbocycles. The molecule has 0 atom stereocenters. The van der Waals surface area contributed by atoms with E-state index in [1.54, 1.807) is 0 Å². The lowest BCUT2D eigenvalue weighted by Gasteiger charge is -2.14. The number of aromatic nitrogens is 1. The Morgan fingerprint density at radius 1 is 0.560 bits per heavy atom. The van der Waals surface area contributed by atoms with E-state index in [9.17, 15) is 0 Å². The summed E-state index contributed by atoms with van der Waals surface area (Å²) in [5.41, 5.74) is 8.88. The Balaban J connectivity index is 2.09. The number of rotatable bonds is 3. The van der Waals surface area contributed by atoms with Crippen molar-refractivity contribution in [3.63, 3.8) is 0 Å². The van der Waals surface area contributed by atoms with Gasteiger partial charge in [-0.1, -0.05) is 78.9 Å². The van der Waals surface area contributed by atoms with Gasteiger partial charge in [0.05, 0.1) is 5.69 Å². The van der Waals surface area contributed by atoms with Crippen molar-refractivity contribution in [2.24, 2.45) is 0 Å². The van der Waals surface area contributed by atoms with Gasteiger partial charge in [-0.2, -0.15) is 0 Å². The molecule has 122 valence electrons. The number of hydrogen-bond acceptors (Lipinski definition) is 0. The Morgan fingerprint density at radius 3 is 1.60 bits per heavy atom. The summed E-state index contributed by atoms with van der Waals surface area (Å²) in [6.07, 6.45) is 0. The number of nitrogens with zero attached hydrogens (tertiary/aromatic N) is 1. The first-order chi connectivity index (χ1) is 12.3. The summed E-state index contributed by atoms with van der Waals surface area (Å²) in [4.78, 5) is 0. The molecule has 25 heavy (non-hydrogen) atoms. The van der Waals surface area contributed by atoms with E-state index in [1.165, 1.54) is 39.3 Å². The minimum atomic E-state index is 1.20. The van der Waals surface area contributed by atoms with Gasteiger partial charge in [-0.15, -0.1) is 0 Å². The minimum absolute atomic E-state index is 1.20. The van der Waals surface area contributed by atoms with E-state index in [4.69, 9.17) is 0 Å². The number of para-hydroxylation sites is 1. The van der Waals surface area contributed by atoms with Crippen molar-refractivity contribution in [3.05, 3.63) is 102 Å². The smallest absolute Gasteiger partial charge is 0.0612 e. The van der Waals surface area contributed by atoms with Gasteiger partial charge in [0.25, 0.3) is 0 Å². The van der Waals surface area contributed by atoms with Crippen LogP contribution in [-0.4, -0.2) is 4.57 Å². The van der Waals surface area contributed by atoms with E-state index < -0.39 is 0 Å². The van der Waals surface area contributed by atoms with E-state index in [2.05, 4.69) is 109 Å². The maximum atomic E-state index is 2.38. The Kier molecular flexibility index (Phi) is 3.99. The standard InChI is InChI=1S/C24H21N/c1-18-19(2)25(22-16-10-5-11-17-22)24(21-14-8-4-9-15-21)23(18)20-12-6-3-7-13-20/h3-17H,1-2H3. The van der Waals surface area contributed by atoms with Gasteiger partial charge in [-0.3, -0.25) is 0 Å². The van der Waals surface area contributed by atoms with Crippen LogP contribution in [0.2, 0.25) is 0 Å². The first-order valence-electron chi connectivity index (χ1n) is 8.65.